The molecular formula is C12H15BrFN. The predicted molar refractivity (Wildman–Crippen MR) is 63.7 cm³/mol. The van der Waals surface area contributed by atoms with Gasteiger partial charge in [0.05, 0.1) is 0 Å². The lowest BCUT2D eigenvalue weighted by Gasteiger charge is -2.16. The second kappa shape index (κ2) is 4.62. The molecule has 0 unspecified atom stereocenters. The molecule has 0 aromatic heterocycles. The van der Waals surface area contributed by atoms with Crippen LogP contribution < -0.4 is 0 Å². The van der Waals surface area contributed by atoms with Gasteiger partial charge in [-0.3, -0.25) is 4.90 Å². The van der Waals surface area contributed by atoms with E-state index in [2.05, 4.69) is 46.0 Å². The van der Waals surface area contributed by atoms with Crippen LogP contribution in [0.1, 0.15) is 17.5 Å². The standard InChI is InChI=1S/C12H15BrFN/c1-9-3-2-4-10(12(9)13)7-15-6-5-11(14)8-15/h2-4,11H,5-8H2,1H3/t11-/m0/s1. The van der Waals surface area contributed by atoms with E-state index < -0.39 is 6.17 Å². The van der Waals surface area contributed by atoms with E-state index in [0.717, 1.165) is 17.6 Å². The maximum atomic E-state index is 13.0. The Bertz CT molecular complexity index is 353. The summed E-state index contributed by atoms with van der Waals surface area (Å²) in [6.45, 7) is 4.39. The molecule has 15 heavy (non-hydrogen) atoms. The van der Waals surface area contributed by atoms with Crippen molar-refractivity contribution in [3.63, 3.8) is 0 Å². The van der Waals surface area contributed by atoms with Gasteiger partial charge in [-0.15, -0.1) is 0 Å². The van der Waals surface area contributed by atoms with Crippen molar-refractivity contribution in [1.82, 2.24) is 4.90 Å². The fraction of sp³-hybridized carbons (Fsp3) is 0.500. The van der Waals surface area contributed by atoms with E-state index in [0.29, 0.717) is 13.0 Å². The van der Waals surface area contributed by atoms with Gasteiger partial charge in [0.1, 0.15) is 6.17 Å². The van der Waals surface area contributed by atoms with Gasteiger partial charge >= 0.3 is 0 Å². The topological polar surface area (TPSA) is 3.24 Å². The van der Waals surface area contributed by atoms with Crippen molar-refractivity contribution in [2.45, 2.75) is 26.1 Å². The summed E-state index contributed by atoms with van der Waals surface area (Å²) < 4.78 is 14.2. The van der Waals surface area contributed by atoms with Crippen LogP contribution in [0.4, 0.5) is 4.39 Å². The van der Waals surface area contributed by atoms with E-state index in [-0.39, 0.29) is 0 Å². The Labute approximate surface area is 98.4 Å². The van der Waals surface area contributed by atoms with E-state index >= 15 is 0 Å². The summed E-state index contributed by atoms with van der Waals surface area (Å²) in [4.78, 5) is 2.17. The van der Waals surface area contributed by atoms with Crippen LogP contribution in [0, 0.1) is 6.92 Å². The molecule has 1 aromatic carbocycles. The first-order valence-electron chi connectivity index (χ1n) is 5.27. The summed E-state index contributed by atoms with van der Waals surface area (Å²) in [5.41, 5.74) is 2.49. The molecule has 3 heteroatoms. The molecule has 0 radical (unpaired) electrons. The smallest absolute Gasteiger partial charge is 0.114 e. The summed E-state index contributed by atoms with van der Waals surface area (Å²) in [5.74, 6) is 0. The largest absolute Gasteiger partial charge is 0.296 e. The van der Waals surface area contributed by atoms with Gasteiger partial charge in [-0.25, -0.2) is 4.39 Å². The first kappa shape index (κ1) is 11.1. The summed E-state index contributed by atoms with van der Waals surface area (Å²) in [7, 11) is 0. The van der Waals surface area contributed by atoms with Crippen LogP contribution in [-0.4, -0.2) is 24.2 Å². The molecule has 0 spiro atoms. The van der Waals surface area contributed by atoms with Crippen LogP contribution in [-0.2, 0) is 6.54 Å². The van der Waals surface area contributed by atoms with Gasteiger partial charge in [0.15, 0.2) is 0 Å². The van der Waals surface area contributed by atoms with E-state index in [1.807, 2.05) is 0 Å². The number of hydrogen-bond acceptors (Lipinski definition) is 1. The molecular weight excluding hydrogens is 257 g/mol. The molecule has 0 N–H and O–H groups in total. The summed E-state index contributed by atoms with van der Waals surface area (Å²) in [6.07, 6.45) is 0.0530. The van der Waals surface area contributed by atoms with Gasteiger partial charge in [0.25, 0.3) is 0 Å². The summed E-state index contributed by atoms with van der Waals surface area (Å²) >= 11 is 3.58. The molecule has 1 heterocycles. The number of hydrogen-bond donors (Lipinski definition) is 0. The molecule has 1 aromatic rings. The van der Waals surface area contributed by atoms with Gasteiger partial charge in [-0.2, -0.15) is 0 Å². The van der Waals surface area contributed by atoms with Crippen LogP contribution in [0.3, 0.4) is 0 Å². The van der Waals surface area contributed by atoms with E-state index in [1.165, 1.54) is 11.1 Å². The molecule has 0 bridgehead atoms. The van der Waals surface area contributed by atoms with Gasteiger partial charge in [0.2, 0.25) is 0 Å². The third-order valence-electron chi connectivity index (χ3n) is 2.88. The van der Waals surface area contributed by atoms with Gasteiger partial charge in [-0.1, -0.05) is 34.1 Å². The Hall–Kier alpha value is -0.410. The molecule has 1 aliphatic heterocycles. The first-order valence-corrected chi connectivity index (χ1v) is 6.06. The first-order chi connectivity index (χ1) is 7.16. The number of halogens is 2. The zero-order chi connectivity index (χ0) is 10.8. The molecule has 1 fully saturated rings. The predicted octanol–water partition coefficient (Wildman–Crippen LogP) is 3.30. The van der Waals surface area contributed by atoms with Crippen molar-refractivity contribution in [2.75, 3.05) is 13.1 Å². The third-order valence-corrected chi connectivity index (χ3v) is 4.02. The lowest BCUT2D eigenvalue weighted by atomic mass is 10.1. The Kier molecular flexibility index (Phi) is 3.42. The quantitative estimate of drug-likeness (QED) is 0.798. The Morgan fingerprint density at radius 2 is 2.33 bits per heavy atom. The van der Waals surface area contributed by atoms with Gasteiger partial charge < -0.3 is 0 Å². The minimum atomic E-state index is -0.631. The van der Waals surface area contributed by atoms with Crippen molar-refractivity contribution < 1.29 is 4.39 Å². The number of alkyl halides is 1. The van der Waals surface area contributed by atoms with Crippen molar-refractivity contribution in [3.8, 4) is 0 Å². The van der Waals surface area contributed by atoms with E-state index in [4.69, 9.17) is 0 Å². The second-order valence-electron chi connectivity index (χ2n) is 4.17. The van der Waals surface area contributed by atoms with Crippen LogP contribution in [0.5, 0.6) is 0 Å². The summed E-state index contributed by atoms with van der Waals surface area (Å²) in [6, 6.07) is 6.23. The summed E-state index contributed by atoms with van der Waals surface area (Å²) in [5, 5.41) is 0. The molecule has 0 amide bonds. The number of likely N-dealkylation sites (tertiary alicyclic amines) is 1. The van der Waals surface area contributed by atoms with E-state index in [9.17, 15) is 4.39 Å². The molecule has 2 rings (SSSR count). The lowest BCUT2D eigenvalue weighted by Crippen LogP contribution is -2.20. The lowest BCUT2D eigenvalue weighted by molar-refractivity contribution is 0.282. The highest BCUT2D eigenvalue weighted by Gasteiger charge is 2.22. The van der Waals surface area contributed by atoms with Gasteiger partial charge in [0, 0.05) is 24.1 Å². The number of nitrogens with zero attached hydrogens (tertiary/aromatic N) is 1. The Morgan fingerprint density at radius 1 is 1.53 bits per heavy atom. The number of benzene rings is 1. The minimum absolute atomic E-state index is 0.584. The molecule has 1 aliphatic rings. The second-order valence-corrected chi connectivity index (χ2v) is 4.96. The maximum Gasteiger partial charge on any atom is 0.114 e. The van der Waals surface area contributed by atoms with Crippen LogP contribution >= 0.6 is 15.9 Å². The fourth-order valence-electron chi connectivity index (χ4n) is 2.00. The number of rotatable bonds is 2. The van der Waals surface area contributed by atoms with Crippen molar-refractivity contribution in [2.24, 2.45) is 0 Å². The highest BCUT2D eigenvalue weighted by Crippen LogP contribution is 2.24. The zero-order valence-corrected chi connectivity index (χ0v) is 10.4. The van der Waals surface area contributed by atoms with Gasteiger partial charge in [-0.05, 0) is 24.5 Å². The highest BCUT2D eigenvalue weighted by atomic mass is 79.9. The molecule has 1 atom stereocenters. The molecule has 1 nitrogen and oxygen atoms in total. The van der Waals surface area contributed by atoms with Crippen molar-refractivity contribution in [1.29, 1.82) is 0 Å². The fourth-order valence-corrected chi connectivity index (χ4v) is 2.39. The third kappa shape index (κ3) is 2.58. The Morgan fingerprint density at radius 3 is 3.00 bits per heavy atom. The normalized spacial score (nSPS) is 22.2. The highest BCUT2D eigenvalue weighted by molar-refractivity contribution is 9.10. The zero-order valence-electron chi connectivity index (χ0n) is 8.84. The maximum absolute atomic E-state index is 13.0. The molecule has 82 valence electrons. The monoisotopic (exact) mass is 271 g/mol. The average Bonchev–Trinajstić information content (AvgIpc) is 2.59. The van der Waals surface area contributed by atoms with Crippen molar-refractivity contribution in [3.05, 3.63) is 33.8 Å². The number of aryl methyl sites for hydroxylation is 1. The van der Waals surface area contributed by atoms with E-state index in [1.54, 1.807) is 0 Å². The van der Waals surface area contributed by atoms with Crippen LogP contribution in [0.25, 0.3) is 0 Å². The average molecular weight is 272 g/mol. The molecule has 0 aliphatic carbocycles. The molecule has 0 saturated carbocycles. The molecule has 1 saturated heterocycles. The SMILES string of the molecule is Cc1cccc(CN2CC[C@H](F)C2)c1Br. The van der Waals surface area contributed by atoms with Crippen LogP contribution in [0.15, 0.2) is 22.7 Å². The van der Waals surface area contributed by atoms with Crippen molar-refractivity contribution >= 4 is 15.9 Å². The van der Waals surface area contributed by atoms with Crippen LogP contribution in [0.2, 0.25) is 0 Å². The Balaban J connectivity index is 2.07. The minimum Gasteiger partial charge on any atom is -0.296 e.